The van der Waals surface area contributed by atoms with Crippen LogP contribution >= 0.6 is 0 Å². The SMILES string of the molecule is CCOC(=O)c1ccccc1NC(=O)c1ccc(CN=C(N)N)cc1. The Morgan fingerprint density at radius 3 is 2.40 bits per heavy atom. The van der Waals surface area contributed by atoms with Crippen molar-refractivity contribution in [1.82, 2.24) is 0 Å². The lowest BCUT2D eigenvalue weighted by molar-refractivity contribution is 0.0527. The number of para-hydroxylation sites is 1. The molecular formula is C18H20N4O3. The van der Waals surface area contributed by atoms with Gasteiger partial charge >= 0.3 is 5.97 Å². The normalized spacial score (nSPS) is 9.96. The number of benzene rings is 2. The Hall–Kier alpha value is -3.35. The number of hydrogen-bond acceptors (Lipinski definition) is 4. The lowest BCUT2D eigenvalue weighted by Crippen LogP contribution is -2.22. The van der Waals surface area contributed by atoms with Gasteiger partial charge in [0.15, 0.2) is 5.96 Å². The standard InChI is InChI=1S/C18H20N4O3/c1-2-25-17(24)14-5-3-4-6-15(14)22-16(23)13-9-7-12(8-10-13)11-21-18(19)20/h3-10H,2,11H2,1H3,(H,22,23)(H4,19,20,21). The Bertz CT molecular complexity index is 781. The molecule has 0 aliphatic rings. The molecule has 25 heavy (non-hydrogen) atoms. The van der Waals surface area contributed by atoms with Gasteiger partial charge in [-0.1, -0.05) is 24.3 Å². The van der Waals surface area contributed by atoms with Crippen molar-refractivity contribution in [2.45, 2.75) is 13.5 Å². The number of carbonyl (C=O) groups is 2. The van der Waals surface area contributed by atoms with Gasteiger partial charge < -0.3 is 21.5 Å². The van der Waals surface area contributed by atoms with Crippen molar-refractivity contribution in [2.75, 3.05) is 11.9 Å². The maximum absolute atomic E-state index is 12.4. The van der Waals surface area contributed by atoms with Crippen LogP contribution in [0.25, 0.3) is 0 Å². The predicted molar refractivity (Wildman–Crippen MR) is 96.3 cm³/mol. The molecule has 0 spiro atoms. The zero-order valence-electron chi connectivity index (χ0n) is 13.9. The molecule has 0 saturated heterocycles. The molecule has 7 nitrogen and oxygen atoms in total. The number of nitrogens with zero attached hydrogens (tertiary/aromatic N) is 1. The van der Waals surface area contributed by atoms with Crippen molar-refractivity contribution >= 4 is 23.5 Å². The summed E-state index contributed by atoms with van der Waals surface area (Å²) in [6.45, 7) is 2.33. The first-order valence-corrected chi connectivity index (χ1v) is 7.73. The third kappa shape index (κ3) is 5.07. The molecule has 0 fully saturated rings. The van der Waals surface area contributed by atoms with Crippen LogP contribution in [0, 0.1) is 0 Å². The highest BCUT2D eigenvalue weighted by Gasteiger charge is 2.14. The Kier molecular flexibility index (Phi) is 6.11. The molecule has 7 heteroatoms. The van der Waals surface area contributed by atoms with Gasteiger partial charge in [0.1, 0.15) is 0 Å². The molecule has 2 rings (SSSR count). The van der Waals surface area contributed by atoms with Crippen molar-refractivity contribution in [3.63, 3.8) is 0 Å². The molecule has 0 heterocycles. The summed E-state index contributed by atoms with van der Waals surface area (Å²) in [6.07, 6.45) is 0. The van der Waals surface area contributed by atoms with Gasteiger partial charge in [0.05, 0.1) is 24.4 Å². The molecule has 0 atom stereocenters. The van der Waals surface area contributed by atoms with Gasteiger partial charge in [-0.3, -0.25) is 4.79 Å². The van der Waals surface area contributed by atoms with Crippen LogP contribution in [0.1, 0.15) is 33.2 Å². The van der Waals surface area contributed by atoms with E-state index in [1.165, 1.54) is 0 Å². The largest absolute Gasteiger partial charge is 0.462 e. The molecule has 5 N–H and O–H groups in total. The van der Waals surface area contributed by atoms with Crippen LogP contribution in [0.4, 0.5) is 5.69 Å². The maximum atomic E-state index is 12.4. The van der Waals surface area contributed by atoms with Crippen LogP contribution in [0.15, 0.2) is 53.5 Å². The van der Waals surface area contributed by atoms with E-state index in [9.17, 15) is 9.59 Å². The topological polar surface area (TPSA) is 120 Å². The molecule has 0 bridgehead atoms. The van der Waals surface area contributed by atoms with E-state index in [2.05, 4.69) is 10.3 Å². The molecule has 1 amide bonds. The van der Waals surface area contributed by atoms with Crippen LogP contribution in [0.5, 0.6) is 0 Å². The second-order valence-electron chi connectivity index (χ2n) is 5.16. The third-order valence-corrected chi connectivity index (χ3v) is 3.33. The quantitative estimate of drug-likeness (QED) is 0.421. The molecule has 2 aromatic rings. The summed E-state index contributed by atoms with van der Waals surface area (Å²) in [5.74, 6) is -0.798. The Labute approximate surface area is 145 Å². The fraction of sp³-hybridized carbons (Fsp3) is 0.167. The number of nitrogens with two attached hydrogens (primary N) is 2. The molecule has 0 aliphatic heterocycles. The number of esters is 1. The summed E-state index contributed by atoms with van der Waals surface area (Å²) in [6, 6.07) is 13.6. The number of nitrogens with one attached hydrogen (secondary N) is 1. The zero-order valence-corrected chi connectivity index (χ0v) is 13.9. The van der Waals surface area contributed by atoms with Crippen molar-refractivity contribution in [1.29, 1.82) is 0 Å². The first-order chi connectivity index (χ1) is 12.0. The highest BCUT2D eigenvalue weighted by molar-refractivity contribution is 6.08. The summed E-state index contributed by atoms with van der Waals surface area (Å²) >= 11 is 0. The van der Waals surface area contributed by atoms with Gasteiger partial charge in [-0.05, 0) is 36.8 Å². The average molecular weight is 340 g/mol. The second-order valence-corrected chi connectivity index (χ2v) is 5.16. The van der Waals surface area contributed by atoms with Crippen LogP contribution < -0.4 is 16.8 Å². The highest BCUT2D eigenvalue weighted by atomic mass is 16.5. The number of ether oxygens (including phenoxy) is 1. The summed E-state index contributed by atoms with van der Waals surface area (Å²) in [5, 5.41) is 2.73. The van der Waals surface area contributed by atoms with Gasteiger partial charge in [-0.25, -0.2) is 9.79 Å². The number of carbonyl (C=O) groups excluding carboxylic acids is 2. The molecule has 130 valence electrons. The smallest absolute Gasteiger partial charge is 0.340 e. The van der Waals surface area contributed by atoms with E-state index in [1.54, 1.807) is 55.5 Å². The fourth-order valence-corrected chi connectivity index (χ4v) is 2.12. The zero-order chi connectivity index (χ0) is 18.2. The number of amides is 1. The minimum Gasteiger partial charge on any atom is -0.462 e. The third-order valence-electron chi connectivity index (χ3n) is 3.33. The average Bonchev–Trinajstić information content (AvgIpc) is 2.61. The Morgan fingerprint density at radius 2 is 1.76 bits per heavy atom. The van der Waals surface area contributed by atoms with Crippen LogP contribution in [-0.4, -0.2) is 24.4 Å². The lowest BCUT2D eigenvalue weighted by Gasteiger charge is -2.10. The summed E-state index contributed by atoms with van der Waals surface area (Å²) in [4.78, 5) is 28.2. The van der Waals surface area contributed by atoms with Crippen LogP contribution in [0.3, 0.4) is 0 Å². The fourth-order valence-electron chi connectivity index (χ4n) is 2.12. The highest BCUT2D eigenvalue weighted by Crippen LogP contribution is 2.17. The first kappa shape index (κ1) is 18.0. The molecule has 0 aromatic heterocycles. The van der Waals surface area contributed by atoms with Gasteiger partial charge in [0, 0.05) is 5.56 Å². The van der Waals surface area contributed by atoms with Crippen LogP contribution in [-0.2, 0) is 11.3 Å². The van der Waals surface area contributed by atoms with E-state index in [0.29, 0.717) is 23.4 Å². The predicted octanol–water partition coefficient (Wildman–Crippen LogP) is 1.89. The van der Waals surface area contributed by atoms with Gasteiger partial charge in [0.25, 0.3) is 5.91 Å². The number of rotatable bonds is 6. The van der Waals surface area contributed by atoms with E-state index >= 15 is 0 Å². The Morgan fingerprint density at radius 1 is 1.08 bits per heavy atom. The minimum absolute atomic E-state index is 0.0115. The van der Waals surface area contributed by atoms with E-state index in [1.807, 2.05) is 0 Å². The molecule has 2 aromatic carbocycles. The number of hydrogen-bond donors (Lipinski definition) is 3. The monoisotopic (exact) mass is 340 g/mol. The molecule has 0 unspecified atom stereocenters. The second kappa shape index (κ2) is 8.49. The van der Waals surface area contributed by atoms with E-state index in [4.69, 9.17) is 16.2 Å². The van der Waals surface area contributed by atoms with E-state index < -0.39 is 5.97 Å². The van der Waals surface area contributed by atoms with Gasteiger partial charge in [-0.15, -0.1) is 0 Å². The van der Waals surface area contributed by atoms with Crippen molar-refractivity contribution in [3.05, 3.63) is 65.2 Å². The Balaban J connectivity index is 2.12. The van der Waals surface area contributed by atoms with Gasteiger partial charge in [0.2, 0.25) is 0 Å². The summed E-state index contributed by atoms with van der Waals surface area (Å²) < 4.78 is 4.99. The molecule has 0 radical (unpaired) electrons. The lowest BCUT2D eigenvalue weighted by atomic mass is 10.1. The molecular weight excluding hydrogens is 320 g/mol. The number of aliphatic imine (C=N–C) groups is 1. The van der Waals surface area contributed by atoms with Crippen molar-refractivity contribution in [3.8, 4) is 0 Å². The number of anilines is 1. The van der Waals surface area contributed by atoms with Gasteiger partial charge in [-0.2, -0.15) is 0 Å². The molecule has 0 saturated carbocycles. The maximum Gasteiger partial charge on any atom is 0.340 e. The van der Waals surface area contributed by atoms with Crippen molar-refractivity contribution < 1.29 is 14.3 Å². The summed E-state index contributed by atoms with van der Waals surface area (Å²) in [7, 11) is 0. The van der Waals surface area contributed by atoms with Crippen molar-refractivity contribution in [2.24, 2.45) is 16.5 Å². The number of guanidine groups is 1. The first-order valence-electron chi connectivity index (χ1n) is 7.73. The van der Waals surface area contributed by atoms with E-state index in [-0.39, 0.29) is 18.5 Å². The summed E-state index contributed by atoms with van der Waals surface area (Å²) in [5.41, 5.74) is 12.6. The minimum atomic E-state index is -0.481. The molecule has 0 aliphatic carbocycles. The van der Waals surface area contributed by atoms with E-state index in [0.717, 1.165) is 5.56 Å². The van der Waals surface area contributed by atoms with Crippen LogP contribution in [0.2, 0.25) is 0 Å².